The van der Waals surface area contributed by atoms with Crippen molar-refractivity contribution in [3.05, 3.63) is 63.7 Å². The number of allylic oxidation sites excluding steroid dienone is 5. The van der Waals surface area contributed by atoms with E-state index in [1.54, 1.807) is 0 Å². The highest BCUT2D eigenvalue weighted by Crippen LogP contribution is 2.49. The van der Waals surface area contributed by atoms with Crippen LogP contribution in [0.3, 0.4) is 0 Å². The minimum Gasteiger partial charge on any atom is -0.0803 e. The van der Waals surface area contributed by atoms with E-state index in [2.05, 4.69) is 84.5 Å². The fourth-order valence-electron chi connectivity index (χ4n) is 3.62. The average molecular weight is 331 g/mol. The van der Waals surface area contributed by atoms with E-state index in [1.165, 1.54) is 21.2 Å². The van der Waals surface area contributed by atoms with Crippen molar-refractivity contribution < 1.29 is 0 Å². The van der Waals surface area contributed by atoms with Gasteiger partial charge in [0.1, 0.15) is 0 Å². The molecule has 1 unspecified atom stereocenters. The zero-order valence-corrected chi connectivity index (χ0v) is 14.2. The van der Waals surface area contributed by atoms with E-state index in [9.17, 15) is 0 Å². The first kappa shape index (κ1) is 13.1. The van der Waals surface area contributed by atoms with Gasteiger partial charge in [0.15, 0.2) is 0 Å². The van der Waals surface area contributed by atoms with Gasteiger partial charge in [0.05, 0.1) is 8.07 Å². The molecule has 1 atom stereocenters. The second-order valence-electron chi connectivity index (χ2n) is 6.18. The van der Waals surface area contributed by atoms with Crippen molar-refractivity contribution >= 4 is 30.1 Å². The Hall–Kier alpha value is -0.863. The highest BCUT2D eigenvalue weighted by atomic mass is 79.9. The summed E-state index contributed by atoms with van der Waals surface area (Å²) in [6.45, 7) is 7.35. The third-order valence-corrected chi connectivity index (χ3v) is 9.63. The van der Waals surface area contributed by atoms with Crippen molar-refractivity contribution in [2.45, 2.75) is 31.1 Å². The standard InChI is InChI=1S/C17H19BrSi/c1-12-11-15-14(9-6-10-16(15)18)17(12)19(2,3)13-7-4-5-8-13/h4-11,13,17H,1-3H3. The van der Waals surface area contributed by atoms with Crippen LogP contribution in [-0.2, 0) is 0 Å². The first-order chi connectivity index (χ1) is 9.01. The van der Waals surface area contributed by atoms with Gasteiger partial charge in [-0.05, 0) is 29.7 Å². The highest BCUT2D eigenvalue weighted by Gasteiger charge is 2.42. The van der Waals surface area contributed by atoms with E-state index in [4.69, 9.17) is 0 Å². The molecule has 0 radical (unpaired) electrons. The van der Waals surface area contributed by atoms with Crippen LogP contribution in [0, 0.1) is 0 Å². The van der Waals surface area contributed by atoms with Crippen LogP contribution in [0.5, 0.6) is 0 Å². The van der Waals surface area contributed by atoms with Crippen LogP contribution in [0.2, 0.25) is 18.6 Å². The molecule has 3 rings (SSSR count). The molecule has 98 valence electrons. The van der Waals surface area contributed by atoms with Gasteiger partial charge in [-0.15, -0.1) is 0 Å². The second kappa shape index (κ2) is 4.60. The Morgan fingerprint density at radius 2 is 1.79 bits per heavy atom. The molecule has 0 spiro atoms. The number of halogens is 1. The van der Waals surface area contributed by atoms with Gasteiger partial charge in [-0.2, -0.15) is 0 Å². The van der Waals surface area contributed by atoms with Gasteiger partial charge in [0.2, 0.25) is 0 Å². The zero-order chi connectivity index (χ0) is 13.6. The summed E-state index contributed by atoms with van der Waals surface area (Å²) in [6.07, 6.45) is 11.6. The van der Waals surface area contributed by atoms with E-state index >= 15 is 0 Å². The average Bonchev–Trinajstić information content (AvgIpc) is 2.96. The Bertz CT molecular complexity index is 596. The maximum atomic E-state index is 3.70. The molecule has 0 bridgehead atoms. The highest BCUT2D eigenvalue weighted by molar-refractivity contribution is 9.10. The number of hydrogen-bond donors (Lipinski definition) is 0. The topological polar surface area (TPSA) is 0 Å². The van der Waals surface area contributed by atoms with Crippen LogP contribution >= 0.6 is 15.9 Å². The Labute approximate surface area is 125 Å². The molecule has 0 heterocycles. The Kier molecular flexibility index (Phi) is 3.18. The minimum atomic E-state index is -1.44. The monoisotopic (exact) mass is 330 g/mol. The van der Waals surface area contributed by atoms with Gasteiger partial charge >= 0.3 is 0 Å². The predicted octanol–water partition coefficient (Wildman–Crippen LogP) is 5.69. The molecule has 0 fully saturated rings. The van der Waals surface area contributed by atoms with E-state index < -0.39 is 8.07 Å². The van der Waals surface area contributed by atoms with Gasteiger partial charge in [-0.1, -0.05) is 77.1 Å². The fourth-order valence-corrected chi connectivity index (χ4v) is 8.03. The van der Waals surface area contributed by atoms with Crippen LogP contribution in [0.4, 0.5) is 0 Å². The largest absolute Gasteiger partial charge is 0.0803 e. The number of benzene rings is 1. The van der Waals surface area contributed by atoms with Crippen molar-refractivity contribution in [1.29, 1.82) is 0 Å². The first-order valence-electron chi connectivity index (χ1n) is 6.83. The Balaban J connectivity index is 2.08. The number of rotatable bonds is 2. The van der Waals surface area contributed by atoms with Crippen LogP contribution in [0.15, 0.2) is 52.5 Å². The molecule has 0 amide bonds. The van der Waals surface area contributed by atoms with Crippen molar-refractivity contribution in [2.24, 2.45) is 0 Å². The summed E-state index contributed by atoms with van der Waals surface area (Å²) in [5.74, 6) is 0. The third-order valence-electron chi connectivity index (χ3n) is 4.58. The normalized spacial score (nSPS) is 21.9. The lowest BCUT2D eigenvalue weighted by atomic mass is 10.1. The molecule has 1 aromatic rings. The van der Waals surface area contributed by atoms with E-state index in [-0.39, 0.29) is 0 Å². The van der Waals surface area contributed by atoms with Crippen LogP contribution < -0.4 is 0 Å². The molecule has 0 aromatic heterocycles. The molecule has 0 nitrogen and oxygen atoms in total. The summed E-state index contributed by atoms with van der Waals surface area (Å²) in [7, 11) is -1.44. The number of hydrogen-bond acceptors (Lipinski definition) is 0. The summed E-state index contributed by atoms with van der Waals surface area (Å²) in [5, 5.41) is 0. The predicted molar refractivity (Wildman–Crippen MR) is 90.0 cm³/mol. The van der Waals surface area contributed by atoms with Crippen LogP contribution in [-0.4, -0.2) is 8.07 Å². The quantitative estimate of drug-likeness (QED) is 0.610. The fraction of sp³-hybridized carbons (Fsp3) is 0.294. The summed E-state index contributed by atoms with van der Waals surface area (Å²) in [5.41, 5.74) is 5.75. The molecule has 2 aliphatic carbocycles. The van der Waals surface area contributed by atoms with Crippen molar-refractivity contribution in [1.82, 2.24) is 0 Å². The number of fused-ring (bicyclic) bond motifs is 1. The maximum absolute atomic E-state index is 3.70. The molecule has 1 aromatic carbocycles. The minimum absolute atomic E-state index is 0.636. The maximum Gasteiger partial charge on any atom is 0.0710 e. The summed E-state index contributed by atoms with van der Waals surface area (Å²) in [6, 6.07) is 6.64. The van der Waals surface area contributed by atoms with Crippen molar-refractivity contribution in [3.63, 3.8) is 0 Å². The van der Waals surface area contributed by atoms with Gasteiger partial charge in [0, 0.05) is 10.0 Å². The molecule has 0 saturated heterocycles. The van der Waals surface area contributed by atoms with Crippen LogP contribution in [0.25, 0.3) is 6.08 Å². The molecule has 0 aliphatic heterocycles. The lowest BCUT2D eigenvalue weighted by Crippen LogP contribution is -2.38. The summed E-state index contributed by atoms with van der Waals surface area (Å²) < 4.78 is 1.23. The summed E-state index contributed by atoms with van der Waals surface area (Å²) >= 11 is 3.70. The molecule has 0 N–H and O–H groups in total. The zero-order valence-electron chi connectivity index (χ0n) is 11.7. The van der Waals surface area contributed by atoms with Gasteiger partial charge < -0.3 is 0 Å². The van der Waals surface area contributed by atoms with Crippen LogP contribution in [0.1, 0.15) is 23.6 Å². The van der Waals surface area contributed by atoms with E-state index in [0.717, 1.165) is 0 Å². The smallest absolute Gasteiger partial charge is 0.0710 e. The molecular formula is C17H19BrSi. The molecule has 19 heavy (non-hydrogen) atoms. The molecule has 2 heteroatoms. The molecular weight excluding hydrogens is 312 g/mol. The SMILES string of the molecule is CC1=Cc2c(Br)cccc2C1[Si](C)(C)C1C=CC=C1. The van der Waals surface area contributed by atoms with Crippen molar-refractivity contribution in [3.8, 4) is 0 Å². The van der Waals surface area contributed by atoms with Crippen molar-refractivity contribution in [2.75, 3.05) is 0 Å². The Morgan fingerprint density at radius 1 is 1.11 bits per heavy atom. The van der Waals surface area contributed by atoms with E-state index in [0.29, 0.717) is 11.1 Å². The first-order valence-corrected chi connectivity index (χ1v) is 10.8. The van der Waals surface area contributed by atoms with Gasteiger partial charge in [-0.3, -0.25) is 0 Å². The lowest BCUT2D eigenvalue weighted by molar-refractivity contribution is 1.03. The lowest BCUT2D eigenvalue weighted by Gasteiger charge is -2.35. The van der Waals surface area contributed by atoms with Gasteiger partial charge in [0.25, 0.3) is 0 Å². The molecule has 0 saturated carbocycles. The van der Waals surface area contributed by atoms with E-state index in [1.807, 2.05) is 0 Å². The second-order valence-corrected chi connectivity index (χ2v) is 11.9. The third kappa shape index (κ3) is 2.02. The van der Waals surface area contributed by atoms with Gasteiger partial charge in [-0.25, -0.2) is 0 Å². The molecule has 2 aliphatic rings. The summed E-state index contributed by atoms with van der Waals surface area (Å²) in [4.78, 5) is 0. The Morgan fingerprint density at radius 3 is 2.47 bits per heavy atom.